The highest BCUT2D eigenvalue weighted by molar-refractivity contribution is 6.15. The zero-order valence-electron chi connectivity index (χ0n) is 17.5. The Morgan fingerprint density at radius 2 is 2.03 bits per heavy atom. The molecule has 0 saturated carbocycles. The minimum atomic E-state index is -0.147. The van der Waals surface area contributed by atoms with Gasteiger partial charge in [-0.05, 0) is 69.0 Å². The summed E-state index contributed by atoms with van der Waals surface area (Å²) in [7, 11) is 5.78. The van der Waals surface area contributed by atoms with Crippen molar-refractivity contribution in [1.29, 1.82) is 0 Å². The molecule has 1 N–H and O–H groups in total. The van der Waals surface area contributed by atoms with Crippen molar-refractivity contribution in [2.24, 2.45) is 0 Å². The Bertz CT molecular complexity index is 1130. The largest absolute Gasteiger partial charge is 0.497 e. The fourth-order valence-electron chi connectivity index (χ4n) is 3.76. The lowest BCUT2D eigenvalue weighted by Crippen LogP contribution is -2.14. The summed E-state index contributed by atoms with van der Waals surface area (Å²) in [6.07, 6.45) is 4.88. The van der Waals surface area contributed by atoms with E-state index in [1.54, 1.807) is 31.4 Å². The van der Waals surface area contributed by atoms with Crippen LogP contribution in [0.1, 0.15) is 27.9 Å². The molecule has 6 nitrogen and oxygen atoms in total. The molecular formula is C24H26N2O4. The van der Waals surface area contributed by atoms with Gasteiger partial charge in [-0.3, -0.25) is 4.79 Å². The lowest BCUT2D eigenvalue weighted by Gasteiger charge is -2.10. The fourth-order valence-corrected chi connectivity index (χ4v) is 3.76. The number of aliphatic hydroxyl groups excluding tert-OH is 1. The lowest BCUT2D eigenvalue weighted by molar-refractivity contribution is 0.101. The van der Waals surface area contributed by atoms with Crippen molar-refractivity contribution in [3.8, 4) is 11.5 Å². The molecule has 0 bridgehead atoms. The van der Waals surface area contributed by atoms with Gasteiger partial charge in [0.05, 0.1) is 19.3 Å². The summed E-state index contributed by atoms with van der Waals surface area (Å²) in [6.45, 7) is 1.78. The number of aryl methyl sites for hydroxylation is 1. The molecule has 0 atom stereocenters. The van der Waals surface area contributed by atoms with Crippen LogP contribution < -0.4 is 9.47 Å². The monoisotopic (exact) mass is 406 g/mol. The van der Waals surface area contributed by atoms with Crippen molar-refractivity contribution in [1.82, 2.24) is 9.47 Å². The van der Waals surface area contributed by atoms with Gasteiger partial charge in [0.2, 0.25) is 5.78 Å². The van der Waals surface area contributed by atoms with Gasteiger partial charge in [-0.15, -0.1) is 0 Å². The molecule has 1 aromatic heterocycles. The van der Waals surface area contributed by atoms with Crippen LogP contribution in [0.5, 0.6) is 11.5 Å². The summed E-state index contributed by atoms with van der Waals surface area (Å²) < 4.78 is 13.5. The number of aliphatic hydroxyl groups is 1. The molecule has 156 valence electrons. The summed E-state index contributed by atoms with van der Waals surface area (Å²) in [5.74, 6) is 1.40. The average molecular weight is 406 g/mol. The van der Waals surface area contributed by atoms with Crippen molar-refractivity contribution in [3.05, 3.63) is 65.0 Å². The Hall–Kier alpha value is -3.09. The molecule has 0 fully saturated rings. The number of hydrogen-bond acceptors (Lipinski definition) is 5. The third-order valence-corrected chi connectivity index (χ3v) is 5.33. The van der Waals surface area contributed by atoms with Gasteiger partial charge in [0.25, 0.3) is 0 Å². The molecule has 0 aliphatic carbocycles. The topological polar surface area (TPSA) is 63.9 Å². The smallest absolute Gasteiger partial charge is 0.231 e. The van der Waals surface area contributed by atoms with Crippen molar-refractivity contribution < 1.29 is 19.4 Å². The van der Waals surface area contributed by atoms with Crippen molar-refractivity contribution in [2.45, 2.75) is 19.6 Å². The summed E-state index contributed by atoms with van der Waals surface area (Å²) in [6, 6.07) is 11.1. The SMILES string of the molecule is COc1ccc2c(c1)c(C=C1Oc3cc(CO)ccc3C1=O)cn2CCCN(C)C. The molecule has 0 amide bonds. The molecule has 0 saturated heterocycles. The number of ketones is 1. The maximum Gasteiger partial charge on any atom is 0.231 e. The molecule has 1 aliphatic heterocycles. The van der Waals surface area contributed by atoms with E-state index in [9.17, 15) is 9.90 Å². The highest BCUT2D eigenvalue weighted by Gasteiger charge is 2.27. The van der Waals surface area contributed by atoms with E-state index >= 15 is 0 Å². The molecule has 4 rings (SSSR count). The Labute approximate surface area is 175 Å². The Balaban J connectivity index is 1.72. The lowest BCUT2D eigenvalue weighted by atomic mass is 10.1. The second-order valence-electron chi connectivity index (χ2n) is 7.75. The number of Topliss-reactive ketones (excluding diaryl/α,β-unsaturated/α-hetero) is 1. The first-order valence-corrected chi connectivity index (χ1v) is 10.00. The van der Waals surface area contributed by atoms with Crippen molar-refractivity contribution in [3.63, 3.8) is 0 Å². The number of carbonyl (C=O) groups excluding carboxylic acids is 1. The molecule has 6 heteroatoms. The zero-order valence-corrected chi connectivity index (χ0v) is 17.5. The normalized spacial score (nSPS) is 14.6. The second kappa shape index (κ2) is 8.34. The summed E-state index contributed by atoms with van der Waals surface area (Å²) in [5, 5.41) is 10.3. The van der Waals surface area contributed by atoms with Crippen LogP contribution in [0.25, 0.3) is 17.0 Å². The fraction of sp³-hybridized carbons (Fsp3) is 0.292. The van der Waals surface area contributed by atoms with E-state index in [2.05, 4.69) is 29.8 Å². The maximum absolute atomic E-state index is 12.8. The number of ether oxygens (including phenoxy) is 2. The number of hydrogen-bond donors (Lipinski definition) is 1. The zero-order chi connectivity index (χ0) is 21.3. The third kappa shape index (κ3) is 3.84. The van der Waals surface area contributed by atoms with E-state index in [-0.39, 0.29) is 18.1 Å². The predicted octanol–water partition coefficient (Wildman–Crippen LogP) is 3.71. The van der Waals surface area contributed by atoms with Crippen LogP contribution in [0.15, 0.2) is 48.4 Å². The molecule has 1 aliphatic rings. The van der Waals surface area contributed by atoms with Crippen LogP contribution in [0.2, 0.25) is 0 Å². The highest BCUT2D eigenvalue weighted by Crippen LogP contribution is 2.34. The van der Waals surface area contributed by atoms with Gasteiger partial charge in [-0.25, -0.2) is 0 Å². The van der Waals surface area contributed by atoms with E-state index in [0.29, 0.717) is 16.9 Å². The first kappa shape index (κ1) is 20.2. The molecule has 3 aromatic rings. The summed E-state index contributed by atoms with van der Waals surface area (Å²) >= 11 is 0. The number of methoxy groups -OCH3 is 1. The van der Waals surface area contributed by atoms with Gasteiger partial charge >= 0.3 is 0 Å². The number of carbonyl (C=O) groups is 1. The van der Waals surface area contributed by atoms with E-state index in [4.69, 9.17) is 9.47 Å². The van der Waals surface area contributed by atoms with Gasteiger partial charge in [0.1, 0.15) is 11.5 Å². The quantitative estimate of drug-likeness (QED) is 0.606. The third-order valence-electron chi connectivity index (χ3n) is 5.33. The number of allylic oxidation sites excluding steroid dienone is 1. The number of aromatic nitrogens is 1. The number of nitrogens with zero attached hydrogens (tertiary/aromatic N) is 2. The Kier molecular flexibility index (Phi) is 5.61. The van der Waals surface area contributed by atoms with Gasteiger partial charge in [-0.2, -0.15) is 0 Å². The molecule has 2 heterocycles. The van der Waals surface area contributed by atoms with E-state index in [1.165, 1.54) is 0 Å². The van der Waals surface area contributed by atoms with Crippen LogP contribution in [-0.2, 0) is 13.2 Å². The van der Waals surface area contributed by atoms with Gasteiger partial charge < -0.3 is 24.0 Å². The van der Waals surface area contributed by atoms with Crippen molar-refractivity contribution in [2.75, 3.05) is 27.7 Å². The highest BCUT2D eigenvalue weighted by atomic mass is 16.5. The van der Waals surface area contributed by atoms with E-state index in [1.807, 2.05) is 18.2 Å². The van der Waals surface area contributed by atoms with Gasteiger partial charge in [-0.1, -0.05) is 6.07 Å². The van der Waals surface area contributed by atoms with Crippen LogP contribution in [-0.4, -0.2) is 48.1 Å². The summed E-state index contributed by atoms with van der Waals surface area (Å²) in [4.78, 5) is 15.0. The number of rotatable bonds is 7. The van der Waals surface area contributed by atoms with Crippen molar-refractivity contribution >= 4 is 22.8 Å². The standard InChI is InChI=1S/C24H26N2O4/c1-25(2)9-4-10-26-14-17(20-13-18(29-3)6-8-21(20)26)12-23-24(28)19-7-5-16(15-27)11-22(19)30-23/h5-8,11-14,27H,4,9-10,15H2,1-3H3. The maximum atomic E-state index is 12.8. The molecular weight excluding hydrogens is 380 g/mol. The molecule has 2 aromatic carbocycles. The van der Waals surface area contributed by atoms with Gasteiger partial charge in [0, 0.05) is 29.2 Å². The van der Waals surface area contributed by atoms with Crippen LogP contribution in [0, 0.1) is 0 Å². The van der Waals surface area contributed by atoms with Crippen LogP contribution >= 0.6 is 0 Å². The number of fused-ring (bicyclic) bond motifs is 2. The van der Waals surface area contributed by atoms with E-state index in [0.717, 1.165) is 41.7 Å². The second-order valence-corrected chi connectivity index (χ2v) is 7.75. The predicted molar refractivity (Wildman–Crippen MR) is 117 cm³/mol. The molecule has 30 heavy (non-hydrogen) atoms. The minimum absolute atomic E-state index is 0.0931. The average Bonchev–Trinajstić information content (AvgIpc) is 3.24. The Morgan fingerprint density at radius 1 is 1.20 bits per heavy atom. The van der Waals surface area contributed by atoms with E-state index < -0.39 is 0 Å². The molecule has 0 spiro atoms. The minimum Gasteiger partial charge on any atom is -0.497 e. The van der Waals surface area contributed by atoms with Gasteiger partial charge in [0.15, 0.2) is 5.76 Å². The number of benzene rings is 2. The van der Waals surface area contributed by atoms with Crippen LogP contribution in [0.4, 0.5) is 0 Å². The molecule has 0 unspecified atom stereocenters. The molecule has 0 radical (unpaired) electrons. The Morgan fingerprint density at radius 3 is 2.77 bits per heavy atom. The van der Waals surface area contributed by atoms with Crippen LogP contribution in [0.3, 0.4) is 0 Å². The summed E-state index contributed by atoms with van der Waals surface area (Å²) in [5.41, 5.74) is 3.23. The first-order chi connectivity index (χ1) is 14.5. The first-order valence-electron chi connectivity index (χ1n) is 10.00.